The van der Waals surface area contributed by atoms with Gasteiger partial charge in [-0.2, -0.15) is 0 Å². The van der Waals surface area contributed by atoms with E-state index in [0.717, 1.165) is 39.0 Å². The van der Waals surface area contributed by atoms with Crippen molar-refractivity contribution < 1.29 is 4.79 Å². The smallest absolute Gasteiger partial charge is 0.274 e. The number of hydrogen-bond acceptors (Lipinski definition) is 4. The summed E-state index contributed by atoms with van der Waals surface area (Å²) < 4.78 is 0. The number of likely N-dealkylation sites (tertiary alicyclic amines) is 1. The van der Waals surface area contributed by atoms with Gasteiger partial charge in [0.15, 0.2) is 0 Å². The number of carbonyl (C=O) groups excluding carboxylic acids is 1. The molecule has 1 amide bonds. The second-order valence-electron chi connectivity index (χ2n) is 4.97. The summed E-state index contributed by atoms with van der Waals surface area (Å²) in [7, 11) is 0. The highest BCUT2D eigenvalue weighted by atomic mass is 35.5. The van der Waals surface area contributed by atoms with Crippen molar-refractivity contribution in [2.24, 2.45) is 0 Å². The summed E-state index contributed by atoms with van der Waals surface area (Å²) in [5.41, 5.74) is 0.371. The van der Waals surface area contributed by atoms with Gasteiger partial charge in [-0.15, -0.1) is 0 Å². The van der Waals surface area contributed by atoms with Crippen LogP contribution in [0.15, 0.2) is 12.4 Å². The minimum Gasteiger partial charge on any atom is -0.337 e. The van der Waals surface area contributed by atoms with Gasteiger partial charge in [0.05, 0.1) is 12.4 Å². The molecule has 2 heterocycles. The van der Waals surface area contributed by atoms with E-state index in [9.17, 15) is 4.79 Å². The van der Waals surface area contributed by atoms with Crippen LogP contribution in [0.3, 0.4) is 0 Å². The number of carbonyl (C=O) groups is 1. The van der Waals surface area contributed by atoms with E-state index in [-0.39, 0.29) is 5.91 Å². The second-order valence-corrected chi connectivity index (χ2v) is 5.36. The molecule has 0 atom stereocenters. The van der Waals surface area contributed by atoms with Crippen molar-refractivity contribution in [3.63, 3.8) is 0 Å². The molecular weight excluding hydrogens is 276 g/mol. The van der Waals surface area contributed by atoms with Gasteiger partial charge in [0.2, 0.25) is 0 Å². The van der Waals surface area contributed by atoms with Crippen molar-refractivity contribution in [2.75, 3.05) is 26.2 Å². The molecule has 110 valence electrons. The highest BCUT2D eigenvalue weighted by Crippen LogP contribution is 2.17. The first kappa shape index (κ1) is 15.2. The lowest BCUT2D eigenvalue weighted by Gasteiger charge is -2.37. The van der Waals surface area contributed by atoms with Crippen LogP contribution < -0.4 is 0 Å². The maximum Gasteiger partial charge on any atom is 0.274 e. The number of rotatable bonds is 4. The molecule has 1 aliphatic rings. The number of nitrogens with zero attached hydrogens (tertiary/aromatic N) is 4. The van der Waals surface area contributed by atoms with Crippen molar-refractivity contribution >= 4 is 17.5 Å². The average Bonchev–Trinajstić information content (AvgIpc) is 2.49. The van der Waals surface area contributed by atoms with E-state index < -0.39 is 0 Å². The number of hydrogen-bond donors (Lipinski definition) is 0. The summed E-state index contributed by atoms with van der Waals surface area (Å²) >= 11 is 5.68. The van der Waals surface area contributed by atoms with Gasteiger partial charge >= 0.3 is 0 Å². The van der Waals surface area contributed by atoms with Crippen LogP contribution in [0.5, 0.6) is 0 Å². The van der Waals surface area contributed by atoms with Gasteiger partial charge in [0.1, 0.15) is 10.8 Å². The van der Waals surface area contributed by atoms with Gasteiger partial charge in [0.25, 0.3) is 5.91 Å². The number of piperidine rings is 1. The number of amides is 1. The van der Waals surface area contributed by atoms with Crippen LogP contribution in [0.25, 0.3) is 0 Å². The predicted molar refractivity (Wildman–Crippen MR) is 78.9 cm³/mol. The fraction of sp³-hybridized carbons (Fsp3) is 0.643. The van der Waals surface area contributed by atoms with Gasteiger partial charge in [0, 0.05) is 19.1 Å². The summed E-state index contributed by atoms with van der Waals surface area (Å²) in [6, 6.07) is 0.588. The molecule has 0 bridgehead atoms. The highest BCUT2D eigenvalue weighted by Gasteiger charge is 2.26. The monoisotopic (exact) mass is 296 g/mol. The standard InChI is InChI=1S/C14H21ClN4O/c1-3-18(4-2)11-5-7-19(8-6-11)14(20)12-9-17-13(15)10-16-12/h9-11H,3-8H2,1-2H3. The van der Waals surface area contributed by atoms with E-state index in [1.54, 1.807) is 0 Å². The van der Waals surface area contributed by atoms with E-state index in [0.29, 0.717) is 16.9 Å². The average molecular weight is 297 g/mol. The van der Waals surface area contributed by atoms with E-state index >= 15 is 0 Å². The van der Waals surface area contributed by atoms with Crippen LogP contribution in [0.1, 0.15) is 37.2 Å². The highest BCUT2D eigenvalue weighted by molar-refractivity contribution is 6.29. The lowest BCUT2D eigenvalue weighted by atomic mass is 10.0. The Morgan fingerprint density at radius 1 is 1.30 bits per heavy atom. The van der Waals surface area contributed by atoms with Crippen LogP contribution in [0, 0.1) is 0 Å². The zero-order chi connectivity index (χ0) is 14.5. The lowest BCUT2D eigenvalue weighted by molar-refractivity contribution is 0.0625. The van der Waals surface area contributed by atoms with Crippen LogP contribution in [-0.2, 0) is 0 Å². The molecule has 0 aliphatic carbocycles. The SMILES string of the molecule is CCN(CC)C1CCN(C(=O)c2cnc(Cl)cn2)CC1. The van der Waals surface area contributed by atoms with Crippen LogP contribution in [0.2, 0.25) is 5.15 Å². The zero-order valence-corrected chi connectivity index (χ0v) is 12.8. The van der Waals surface area contributed by atoms with Gasteiger partial charge in [-0.1, -0.05) is 25.4 Å². The van der Waals surface area contributed by atoms with E-state index in [1.165, 1.54) is 12.4 Å². The normalized spacial score (nSPS) is 16.7. The summed E-state index contributed by atoms with van der Waals surface area (Å²) in [6.45, 7) is 8.07. The summed E-state index contributed by atoms with van der Waals surface area (Å²) in [4.78, 5) is 24.6. The maximum absolute atomic E-state index is 12.3. The Labute approximate surface area is 124 Å². The predicted octanol–water partition coefficient (Wildman–Crippen LogP) is 2.08. The van der Waals surface area contributed by atoms with Crippen molar-refractivity contribution in [2.45, 2.75) is 32.7 Å². The number of aromatic nitrogens is 2. The molecule has 6 heteroatoms. The molecular formula is C14H21ClN4O. The first-order valence-corrected chi connectivity index (χ1v) is 7.54. The fourth-order valence-corrected chi connectivity index (χ4v) is 2.86. The lowest BCUT2D eigenvalue weighted by Crippen LogP contribution is -2.46. The molecule has 1 fully saturated rings. The van der Waals surface area contributed by atoms with Crippen molar-refractivity contribution in [1.82, 2.24) is 19.8 Å². The summed E-state index contributed by atoms with van der Waals surface area (Å²) in [6.07, 6.45) is 4.90. The van der Waals surface area contributed by atoms with Crippen molar-refractivity contribution in [1.29, 1.82) is 0 Å². The third kappa shape index (κ3) is 3.46. The minimum atomic E-state index is -0.0489. The molecule has 1 aromatic rings. The molecule has 0 unspecified atom stereocenters. The Morgan fingerprint density at radius 2 is 1.95 bits per heavy atom. The Kier molecular flexibility index (Phi) is 5.31. The van der Waals surface area contributed by atoms with Gasteiger partial charge in [-0.05, 0) is 25.9 Å². The van der Waals surface area contributed by atoms with Gasteiger partial charge < -0.3 is 9.80 Å². The van der Waals surface area contributed by atoms with Crippen molar-refractivity contribution in [3.05, 3.63) is 23.2 Å². The number of halogens is 1. The molecule has 1 aliphatic heterocycles. The second kappa shape index (κ2) is 6.99. The minimum absolute atomic E-state index is 0.0489. The first-order chi connectivity index (χ1) is 9.65. The van der Waals surface area contributed by atoms with E-state index in [4.69, 9.17) is 11.6 Å². The van der Waals surface area contributed by atoms with Gasteiger partial charge in [-0.3, -0.25) is 4.79 Å². The van der Waals surface area contributed by atoms with E-state index in [1.807, 2.05) is 4.90 Å². The van der Waals surface area contributed by atoms with Crippen LogP contribution >= 0.6 is 11.6 Å². The Hall–Kier alpha value is -1.20. The Bertz CT molecular complexity index is 439. The van der Waals surface area contributed by atoms with Crippen LogP contribution in [0.4, 0.5) is 0 Å². The largest absolute Gasteiger partial charge is 0.337 e. The molecule has 0 aromatic carbocycles. The van der Waals surface area contributed by atoms with Gasteiger partial charge in [-0.25, -0.2) is 9.97 Å². The fourth-order valence-electron chi connectivity index (χ4n) is 2.76. The third-order valence-corrected chi connectivity index (χ3v) is 4.12. The van der Waals surface area contributed by atoms with E-state index in [2.05, 4.69) is 28.7 Å². The molecule has 1 saturated heterocycles. The van der Waals surface area contributed by atoms with Crippen LogP contribution in [-0.4, -0.2) is 57.9 Å². The molecule has 0 saturated carbocycles. The molecule has 0 spiro atoms. The molecule has 5 nitrogen and oxygen atoms in total. The third-order valence-electron chi connectivity index (χ3n) is 3.92. The summed E-state index contributed by atoms with van der Waals surface area (Å²) in [5.74, 6) is -0.0489. The summed E-state index contributed by atoms with van der Waals surface area (Å²) in [5, 5.41) is 0.307. The molecule has 1 aromatic heterocycles. The Balaban J connectivity index is 1.93. The Morgan fingerprint density at radius 3 is 2.45 bits per heavy atom. The molecule has 0 radical (unpaired) electrons. The maximum atomic E-state index is 12.3. The molecule has 2 rings (SSSR count). The first-order valence-electron chi connectivity index (χ1n) is 7.16. The quantitative estimate of drug-likeness (QED) is 0.853. The molecule has 0 N–H and O–H groups in total. The van der Waals surface area contributed by atoms with Crippen molar-refractivity contribution in [3.8, 4) is 0 Å². The topological polar surface area (TPSA) is 49.3 Å². The molecule has 20 heavy (non-hydrogen) atoms. The zero-order valence-electron chi connectivity index (χ0n) is 12.0.